The van der Waals surface area contributed by atoms with Crippen LogP contribution in [0.3, 0.4) is 0 Å². The van der Waals surface area contributed by atoms with Gasteiger partial charge in [0.05, 0.1) is 30.7 Å². The number of ketones is 1. The second-order valence-electron chi connectivity index (χ2n) is 4.74. The minimum absolute atomic E-state index is 0.308. The van der Waals surface area contributed by atoms with Crippen molar-refractivity contribution < 1.29 is 13.9 Å². The summed E-state index contributed by atoms with van der Waals surface area (Å²) >= 11 is 1.30. The van der Waals surface area contributed by atoms with E-state index in [4.69, 9.17) is 9.15 Å². The Kier molecular flexibility index (Phi) is 4.22. The second-order valence-corrected chi connectivity index (χ2v) is 5.63. The number of hydrogen-bond donors (Lipinski definition) is 0. The predicted molar refractivity (Wildman–Crippen MR) is 85.5 cm³/mol. The van der Waals surface area contributed by atoms with Crippen molar-refractivity contribution in [1.29, 1.82) is 5.26 Å². The third-order valence-corrected chi connectivity index (χ3v) is 4.26. The molecule has 0 fully saturated rings. The molecule has 2 aromatic heterocycles. The molecular formula is C17H12N2O3S. The Morgan fingerprint density at radius 2 is 2.13 bits per heavy atom. The molecule has 0 saturated heterocycles. The van der Waals surface area contributed by atoms with E-state index in [1.807, 2.05) is 35.7 Å². The molecule has 2 heterocycles. The summed E-state index contributed by atoms with van der Waals surface area (Å²) in [6, 6.07) is 11.0. The lowest BCUT2D eigenvalue weighted by Gasteiger charge is -2.03. The summed E-state index contributed by atoms with van der Waals surface area (Å²) in [5.74, 6) is -0.476. The first-order valence-corrected chi connectivity index (χ1v) is 7.66. The summed E-state index contributed by atoms with van der Waals surface area (Å²) in [6.07, 6.45) is 2.75. The average molecular weight is 324 g/mol. The summed E-state index contributed by atoms with van der Waals surface area (Å²) in [5, 5.41) is 11.7. The van der Waals surface area contributed by atoms with Crippen molar-refractivity contribution in [1.82, 2.24) is 4.98 Å². The molecule has 23 heavy (non-hydrogen) atoms. The highest BCUT2D eigenvalue weighted by Crippen LogP contribution is 2.29. The lowest BCUT2D eigenvalue weighted by Crippen LogP contribution is -2.10. The van der Waals surface area contributed by atoms with Gasteiger partial charge in [-0.25, -0.2) is 4.98 Å². The fourth-order valence-corrected chi connectivity index (χ4v) is 2.98. The molecule has 0 radical (unpaired) electrons. The van der Waals surface area contributed by atoms with Gasteiger partial charge in [-0.15, -0.1) is 11.3 Å². The van der Waals surface area contributed by atoms with Crippen molar-refractivity contribution in [2.75, 3.05) is 7.11 Å². The Balaban J connectivity index is 1.87. The van der Waals surface area contributed by atoms with Crippen LogP contribution in [0.1, 0.15) is 21.3 Å². The lowest BCUT2D eigenvalue weighted by atomic mass is 10.0. The van der Waals surface area contributed by atoms with Gasteiger partial charge in [-0.3, -0.25) is 4.79 Å². The van der Waals surface area contributed by atoms with Gasteiger partial charge in [0.2, 0.25) is 0 Å². The molecule has 6 heteroatoms. The molecule has 0 bridgehead atoms. The molecule has 1 atom stereocenters. The topological polar surface area (TPSA) is 76.1 Å². The van der Waals surface area contributed by atoms with Crippen LogP contribution < -0.4 is 4.74 Å². The molecule has 5 nitrogen and oxygen atoms in total. The van der Waals surface area contributed by atoms with E-state index in [0.717, 1.165) is 17.0 Å². The number of aromatic nitrogens is 1. The van der Waals surface area contributed by atoms with Gasteiger partial charge in [0.1, 0.15) is 17.0 Å². The molecule has 0 N–H and O–H groups in total. The van der Waals surface area contributed by atoms with Crippen LogP contribution in [-0.4, -0.2) is 17.9 Å². The first-order chi connectivity index (χ1) is 11.2. The van der Waals surface area contributed by atoms with Gasteiger partial charge < -0.3 is 9.15 Å². The molecular weight excluding hydrogens is 312 g/mol. The number of furan rings is 1. The van der Waals surface area contributed by atoms with E-state index in [0.29, 0.717) is 10.6 Å². The highest BCUT2D eigenvalue weighted by atomic mass is 32.1. The van der Waals surface area contributed by atoms with Gasteiger partial charge in [-0.05, 0) is 30.3 Å². The van der Waals surface area contributed by atoms with Crippen LogP contribution in [0, 0.1) is 11.3 Å². The molecule has 0 spiro atoms. The van der Waals surface area contributed by atoms with E-state index in [-0.39, 0.29) is 5.78 Å². The number of thiazole rings is 1. The maximum Gasteiger partial charge on any atom is 0.190 e. The number of ether oxygens (including phenoxy) is 1. The minimum Gasteiger partial charge on any atom is -0.497 e. The molecule has 0 aliphatic carbocycles. The minimum atomic E-state index is -0.926. The van der Waals surface area contributed by atoms with Crippen LogP contribution in [0.2, 0.25) is 0 Å². The van der Waals surface area contributed by atoms with Gasteiger partial charge in [0.15, 0.2) is 11.7 Å². The quantitative estimate of drug-likeness (QED) is 0.665. The number of hydrogen-bond acceptors (Lipinski definition) is 6. The fraction of sp³-hybridized carbons (Fsp3) is 0.118. The number of Topliss-reactive ketones (excluding diaryl/α,β-unsaturated/α-hetero) is 1. The molecule has 3 aromatic rings. The van der Waals surface area contributed by atoms with Crippen LogP contribution in [0.5, 0.6) is 5.75 Å². The molecule has 3 rings (SSSR count). The zero-order valence-electron chi connectivity index (χ0n) is 12.2. The number of rotatable bonds is 5. The number of nitriles is 1. The predicted octanol–water partition coefficient (Wildman–Crippen LogP) is 3.90. The third kappa shape index (κ3) is 3.00. The number of benzene rings is 1. The van der Waals surface area contributed by atoms with Crippen molar-refractivity contribution in [3.05, 3.63) is 58.8 Å². The summed E-state index contributed by atoms with van der Waals surface area (Å²) in [5.41, 5.74) is 2.01. The standard InChI is InChI=1S/C17H12N2O3S/c1-21-13-4-2-11(3-5-13)15-10-23-17(19-15)14(8-18)16(20)12-6-7-22-9-12/h2-7,9-10,14H,1H3/t14-/m1/s1. The van der Waals surface area contributed by atoms with Gasteiger partial charge in [-0.1, -0.05) is 0 Å². The SMILES string of the molecule is COc1ccc(-c2csc([C@H](C#N)C(=O)c3ccoc3)n2)cc1. The molecule has 0 aliphatic rings. The largest absolute Gasteiger partial charge is 0.497 e. The van der Waals surface area contributed by atoms with Gasteiger partial charge in [-0.2, -0.15) is 5.26 Å². The fourth-order valence-electron chi connectivity index (χ4n) is 2.11. The van der Waals surface area contributed by atoms with Crippen molar-refractivity contribution in [2.24, 2.45) is 0 Å². The molecule has 0 aliphatic heterocycles. The van der Waals surface area contributed by atoms with Crippen LogP contribution in [-0.2, 0) is 0 Å². The van der Waals surface area contributed by atoms with E-state index >= 15 is 0 Å². The van der Waals surface area contributed by atoms with E-state index in [1.54, 1.807) is 13.2 Å². The van der Waals surface area contributed by atoms with Crippen molar-refractivity contribution >= 4 is 17.1 Å². The average Bonchev–Trinajstić information content (AvgIpc) is 3.27. The Bertz CT molecular complexity index is 845. The smallest absolute Gasteiger partial charge is 0.190 e. The molecule has 0 unspecified atom stereocenters. The van der Waals surface area contributed by atoms with Crippen LogP contribution in [0.15, 0.2) is 52.7 Å². The van der Waals surface area contributed by atoms with E-state index in [2.05, 4.69) is 4.98 Å². The Morgan fingerprint density at radius 3 is 2.74 bits per heavy atom. The summed E-state index contributed by atoms with van der Waals surface area (Å²) in [6.45, 7) is 0. The summed E-state index contributed by atoms with van der Waals surface area (Å²) in [4.78, 5) is 16.8. The van der Waals surface area contributed by atoms with Crippen molar-refractivity contribution in [3.8, 4) is 23.1 Å². The van der Waals surface area contributed by atoms with Crippen LogP contribution >= 0.6 is 11.3 Å². The number of carbonyl (C=O) groups is 1. The normalized spacial score (nSPS) is 11.7. The molecule has 0 amide bonds. The maximum absolute atomic E-state index is 12.3. The monoisotopic (exact) mass is 324 g/mol. The Labute approximate surface area is 136 Å². The van der Waals surface area contributed by atoms with Crippen LogP contribution in [0.25, 0.3) is 11.3 Å². The second kappa shape index (κ2) is 6.46. The maximum atomic E-state index is 12.3. The number of carbonyl (C=O) groups excluding carboxylic acids is 1. The molecule has 0 saturated carbocycles. The Morgan fingerprint density at radius 1 is 1.35 bits per heavy atom. The molecule has 114 valence electrons. The summed E-state index contributed by atoms with van der Waals surface area (Å²) in [7, 11) is 1.61. The number of nitrogens with zero attached hydrogens (tertiary/aromatic N) is 2. The van der Waals surface area contributed by atoms with Crippen molar-refractivity contribution in [3.63, 3.8) is 0 Å². The van der Waals surface area contributed by atoms with Gasteiger partial charge in [0, 0.05) is 10.9 Å². The summed E-state index contributed by atoms with van der Waals surface area (Å²) < 4.78 is 10.0. The highest BCUT2D eigenvalue weighted by Gasteiger charge is 2.25. The van der Waals surface area contributed by atoms with Gasteiger partial charge in [0.25, 0.3) is 0 Å². The van der Waals surface area contributed by atoms with Crippen molar-refractivity contribution in [2.45, 2.75) is 5.92 Å². The highest BCUT2D eigenvalue weighted by molar-refractivity contribution is 7.10. The Hall–Kier alpha value is -2.91. The third-order valence-electron chi connectivity index (χ3n) is 3.35. The van der Waals surface area contributed by atoms with Crippen LogP contribution in [0.4, 0.5) is 0 Å². The van der Waals surface area contributed by atoms with E-state index in [1.165, 1.54) is 23.9 Å². The van der Waals surface area contributed by atoms with E-state index < -0.39 is 5.92 Å². The van der Waals surface area contributed by atoms with E-state index in [9.17, 15) is 10.1 Å². The number of methoxy groups -OCH3 is 1. The first-order valence-electron chi connectivity index (χ1n) is 6.79. The zero-order valence-corrected chi connectivity index (χ0v) is 13.0. The first kappa shape index (κ1) is 15.0. The molecule has 1 aromatic carbocycles. The lowest BCUT2D eigenvalue weighted by molar-refractivity contribution is 0.0978. The van der Waals surface area contributed by atoms with Gasteiger partial charge >= 0.3 is 0 Å². The zero-order chi connectivity index (χ0) is 16.2.